The van der Waals surface area contributed by atoms with Crippen LogP contribution < -0.4 is 0 Å². The van der Waals surface area contributed by atoms with E-state index >= 15 is 0 Å². The zero-order valence-corrected chi connectivity index (χ0v) is 12.5. The van der Waals surface area contributed by atoms with Crippen LogP contribution in [0.4, 0.5) is 4.39 Å². The highest BCUT2D eigenvalue weighted by Gasteiger charge is 2.19. The van der Waals surface area contributed by atoms with E-state index in [4.69, 9.17) is 0 Å². The van der Waals surface area contributed by atoms with Gasteiger partial charge in [0.25, 0.3) is 0 Å². The van der Waals surface area contributed by atoms with Crippen LogP contribution in [0.3, 0.4) is 0 Å². The highest BCUT2D eigenvalue weighted by atomic mass is 19.1. The SMILES string of the molecule is CC[C@@H](CC(=O)c1ccccc1)c1c[nH]c2ccc(F)cc12. The number of carbonyl (C=O) groups excluding carboxylic acids is 1. The average molecular weight is 295 g/mol. The topological polar surface area (TPSA) is 32.9 Å². The van der Waals surface area contributed by atoms with E-state index in [2.05, 4.69) is 11.9 Å². The predicted molar refractivity (Wildman–Crippen MR) is 86.7 cm³/mol. The Bertz CT molecular complexity index is 792. The van der Waals surface area contributed by atoms with Crippen LogP contribution in [0.5, 0.6) is 0 Å². The van der Waals surface area contributed by atoms with Crippen LogP contribution in [-0.2, 0) is 0 Å². The number of rotatable bonds is 5. The van der Waals surface area contributed by atoms with E-state index in [1.807, 2.05) is 36.5 Å². The largest absolute Gasteiger partial charge is 0.361 e. The van der Waals surface area contributed by atoms with Crippen LogP contribution in [-0.4, -0.2) is 10.8 Å². The molecule has 0 saturated carbocycles. The van der Waals surface area contributed by atoms with Gasteiger partial charge in [0.05, 0.1) is 0 Å². The van der Waals surface area contributed by atoms with Gasteiger partial charge in [-0.05, 0) is 36.1 Å². The van der Waals surface area contributed by atoms with Crippen molar-refractivity contribution in [3.63, 3.8) is 0 Å². The van der Waals surface area contributed by atoms with Crippen molar-refractivity contribution in [3.05, 3.63) is 71.7 Å². The van der Waals surface area contributed by atoms with Gasteiger partial charge < -0.3 is 4.98 Å². The van der Waals surface area contributed by atoms with Crippen molar-refractivity contribution in [1.82, 2.24) is 4.98 Å². The second-order valence-electron chi connectivity index (χ2n) is 5.53. The highest BCUT2D eigenvalue weighted by molar-refractivity contribution is 5.97. The summed E-state index contributed by atoms with van der Waals surface area (Å²) >= 11 is 0. The van der Waals surface area contributed by atoms with Crippen molar-refractivity contribution < 1.29 is 9.18 Å². The van der Waals surface area contributed by atoms with Crippen LogP contribution in [0.2, 0.25) is 0 Å². The molecule has 0 bridgehead atoms. The van der Waals surface area contributed by atoms with Gasteiger partial charge in [-0.1, -0.05) is 37.3 Å². The third kappa shape index (κ3) is 2.80. The molecule has 3 aromatic rings. The molecule has 0 amide bonds. The first-order chi connectivity index (χ1) is 10.7. The minimum Gasteiger partial charge on any atom is -0.361 e. The van der Waals surface area contributed by atoms with Gasteiger partial charge in [-0.15, -0.1) is 0 Å². The Morgan fingerprint density at radius 3 is 2.68 bits per heavy atom. The van der Waals surface area contributed by atoms with Gasteiger partial charge >= 0.3 is 0 Å². The molecular weight excluding hydrogens is 277 g/mol. The number of hydrogen-bond donors (Lipinski definition) is 1. The van der Waals surface area contributed by atoms with Crippen LogP contribution >= 0.6 is 0 Å². The van der Waals surface area contributed by atoms with E-state index in [0.717, 1.165) is 28.5 Å². The first-order valence-electron chi connectivity index (χ1n) is 7.54. The molecular formula is C19H18FNO. The second kappa shape index (κ2) is 6.14. The van der Waals surface area contributed by atoms with Gasteiger partial charge in [0.1, 0.15) is 5.82 Å². The zero-order chi connectivity index (χ0) is 15.5. The lowest BCUT2D eigenvalue weighted by Gasteiger charge is -2.13. The summed E-state index contributed by atoms with van der Waals surface area (Å²) in [6.45, 7) is 2.06. The van der Waals surface area contributed by atoms with Gasteiger partial charge in [0.2, 0.25) is 0 Å². The maximum atomic E-state index is 13.5. The molecule has 0 saturated heterocycles. The van der Waals surface area contributed by atoms with Gasteiger partial charge in [0.15, 0.2) is 5.78 Å². The lowest BCUT2D eigenvalue weighted by atomic mass is 9.89. The summed E-state index contributed by atoms with van der Waals surface area (Å²) in [6.07, 6.45) is 3.17. The molecule has 112 valence electrons. The van der Waals surface area contributed by atoms with Crippen molar-refractivity contribution >= 4 is 16.7 Å². The van der Waals surface area contributed by atoms with E-state index in [1.54, 1.807) is 6.07 Å². The van der Waals surface area contributed by atoms with Crippen molar-refractivity contribution in [3.8, 4) is 0 Å². The number of hydrogen-bond acceptors (Lipinski definition) is 1. The number of ketones is 1. The molecule has 0 radical (unpaired) electrons. The van der Waals surface area contributed by atoms with Gasteiger partial charge in [-0.2, -0.15) is 0 Å². The van der Waals surface area contributed by atoms with Crippen molar-refractivity contribution in [2.45, 2.75) is 25.7 Å². The summed E-state index contributed by atoms with van der Waals surface area (Å²) in [7, 11) is 0. The van der Waals surface area contributed by atoms with Crippen LogP contribution in [0.25, 0.3) is 10.9 Å². The number of fused-ring (bicyclic) bond motifs is 1. The fourth-order valence-corrected chi connectivity index (χ4v) is 2.89. The summed E-state index contributed by atoms with van der Waals surface area (Å²) in [6, 6.07) is 14.0. The number of aromatic amines is 1. The Morgan fingerprint density at radius 2 is 1.95 bits per heavy atom. The van der Waals surface area contributed by atoms with Gasteiger partial charge in [-0.3, -0.25) is 4.79 Å². The number of aromatic nitrogens is 1. The summed E-state index contributed by atoms with van der Waals surface area (Å²) in [5.74, 6) is -0.0425. The van der Waals surface area contributed by atoms with Crippen LogP contribution in [0.15, 0.2) is 54.7 Å². The normalized spacial score (nSPS) is 12.5. The van der Waals surface area contributed by atoms with Crippen molar-refractivity contribution in [1.29, 1.82) is 0 Å². The highest BCUT2D eigenvalue weighted by Crippen LogP contribution is 2.31. The van der Waals surface area contributed by atoms with E-state index in [0.29, 0.717) is 6.42 Å². The van der Waals surface area contributed by atoms with E-state index < -0.39 is 0 Å². The molecule has 3 heteroatoms. The number of H-pyrrole nitrogens is 1. The Balaban J connectivity index is 1.90. The Morgan fingerprint density at radius 1 is 1.18 bits per heavy atom. The standard InChI is InChI=1S/C19H18FNO/c1-2-13(10-19(22)14-6-4-3-5-7-14)17-12-21-18-9-8-15(20)11-16(17)18/h3-9,11-13,21H,2,10H2,1H3/t13-/m0/s1. The number of nitrogens with one attached hydrogen (secondary N) is 1. The van der Waals surface area contributed by atoms with Crippen molar-refractivity contribution in [2.75, 3.05) is 0 Å². The molecule has 0 aliphatic heterocycles. The summed E-state index contributed by atoms with van der Waals surface area (Å²) < 4.78 is 13.5. The Kier molecular flexibility index (Phi) is 4.05. The van der Waals surface area contributed by atoms with Gasteiger partial charge in [-0.25, -0.2) is 4.39 Å². The maximum absolute atomic E-state index is 13.5. The second-order valence-corrected chi connectivity index (χ2v) is 5.53. The molecule has 0 fully saturated rings. The fraction of sp³-hybridized carbons (Fsp3) is 0.211. The molecule has 1 heterocycles. The fourth-order valence-electron chi connectivity index (χ4n) is 2.89. The first kappa shape index (κ1) is 14.5. The molecule has 2 aromatic carbocycles. The maximum Gasteiger partial charge on any atom is 0.163 e. The average Bonchev–Trinajstić information content (AvgIpc) is 2.96. The van der Waals surface area contributed by atoms with E-state index in [9.17, 15) is 9.18 Å². The summed E-state index contributed by atoms with van der Waals surface area (Å²) in [5, 5.41) is 0.868. The van der Waals surface area contributed by atoms with Crippen LogP contribution in [0, 0.1) is 5.82 Å². The van der Waals surface area contributed by atoms with Crippen molar-refractivity contribution in [2.24, 2.45) is 0 Å². The number of Topliss-reactive ketones (excluding diaryl/α,β-unsaturated/α-hetero) is 1. The molecule has 0 aliphatic carbocycles. The quantitative estimate of drug-likeness (QED) is 0.655. The Labute approximate surface area is 129 Å². The number of halogens is 1. The van der Waals surface area contributed by atoms with Gasteiger partial charge in [0, 0.05) is 29.1 Å². The molecule has 3 rings (SSSR count). The van der Waals surface area contributed by atoms with Crippen LogP contribution in [0.1, 0.15) is 41.6 Å². The minimum absolute atomic E-state index is 0.0863. The lowest BCUT2D eigenvalue weighted by Crippen LogP contribution is -2.06. The Hall–Kier alpha value is -2.42. The summed E-state index contributed by atoms with van der Waals surface area (Å²) in [4.78, 5) is 15.6. The molecule has 0 spiro atoms. The third-order valence-corrected chi connectivity index (χ3v) is 4.14. The number of carbonyl (C=O) groups is 1. The number of benzene rings is 2. The molecule has 1 aromatic heterocycles. The first-order valence-corrected chi connectivity index (χ1v) is 7.54. The summed E-state index contributed by atoms with van der Waals surface area (Å²) in [5.41, 5.74) is 2.65. The molecule has 22 heavy (non-hydrogen) atoms. The molecule has 0 aliphatic rings. The molecule has 1 N–H and O–H groups in total. The van der Waals surface area contributed by atoms with E-state index in [1.165, 1.54) is 12.1 Å². The predicted octanol–water partition coefficient (Wildman–Crippen LogP) is 5.07. The molecule has 2 nitrogen and oxygen atoms in total. The third-order valence-electron chi connectivity index (χ3n) is 4.14. The van der Waals surface area contributed by atoms with E-state index in [-0.39, 0.29) is 17.5 Å². The lowest BCUT2D eigenvalue weighted by molar-refractivity contribution is 0.0973. The monoisotopic (exact) mass is 295 g/mol. The smallest absolute Gasteiger partial charge is 0.163 e. The zero-order valence-electron chi connectivity index (χ0n) is 12.5. The minimum atomic E-state index is -0.252. The molecule has 1 atom stereocenters. The molecule has 0 unspecified atom stereocenters.